The number of carbonyl (C=O) groups is 3. The van der Waals surface area contributed by atoms with Crippen LogP contribution in [0.5, 0.6) is 0 Å². The molecule has 0 aromatic carbocycles. The van der Waals surface area contributed by atoms with E-state index in [1.807, 2.05) is 36.0 Å². The molecule has 1 N–H and O–H groups in total. The van der Waals surface area contributed by atoms with E-state index in [1.165, 1.54) is 4.90 Å². The first-order chi connectivity index (χ1) is 14.5. The van der Waals surface area contributed by atoms with Crippen LogP contribution in [-0.4, -0.2) is 50.5 Å². The first kappa shape index (κ1) is 20.2. The molecule has 3 aromatic heterocycles. The average Bonchev–Trinajstić information content (AvgIpc) is 3.45. The number of likely N-dealkylation sites (tertiary alicyclic amines) is 1. The predicted molar refractivity (Wildman–Crippen MR) is 114 cm³/mol. The summed E-state index contributed by atoms with van der Waals surface area (Å²) in [5.74, 6) is -0.490. The number of nitrogens with zero attached hydrogens (tertiary/aromatic N) is 4. The molecule has 0 spiro atoms. The summed E-state index contributed by atoms with van der Waals surface area (Å²) in [6.45, 7) is 4.74. The van der Waals surface area contributed by atoms with Crippen molar-refractivity contribution < 1.29 is 14.4 Å². The van der Waals surface area contributed by atoms with Gasteiger partial charge in [0, 0.05) is 32.0 Å². The van der Waals surface area contributed by atoms with Crippen molar-refractivity contribution in [3.05, 3.63) is 35.3 Å². The fourth-order valence-electron chi connectivity index (χ4n) is 3.54. The smallest absolute Gasteiger partial charge is 0.252 e. The highest BCUT2D eigenvalue weighted by molar-refractivity contribution is 7.13. The van der Waals surface area contributed by atoms with Gasteiger partial charge in [-0.2, -0.15) is 5.10 Å². The molecule has 156 valence electrons. The van der Waals surface area contributed by atoms with Crippen LogP contribution in [0, 0.1) is 0 Å². The number of carbonyl (C=O) groups excluding carboxylic acids is 3. The normalized spacial score (nSPS) is 14.3. The van der Waals surface area contributed by atoms with Crippen LogP contribution in [0.4, 0.5) is 0 Å². The number of hydrogen-bond acceptors (Lipinski definition) is 6. The second-order valence-electron chi connectivity index (χ2n) is 7.50. The Morgan fingerprint density at radius 3 is 2.70 bits per heavy atom. The van der Waals surface area contributed by atoms with E-state index in [4.69, 9.17) is 4.98 Å². The number of fused-ring (bicyclic) bond motifs is 1. The summed E-state index contributed by atoms with van der Waals surface area (Å²) in [5.41, 5.74) is 1.93. The van der Waals surface area contributed by atoms with Gasteiger partial charge >= 0.3 is 0 Å². The van der Waals surface area contributed by atoms with Gasteiger partial charge in [0.15, 0.2) is 5.65 Å². The number of pyridine rings is 1. The average molecular weight is 426 g/mol. The van der Waals surface area contributed by atoms with Gasteiger partial charge in [-0.3, -0.25) is 19.3 Å². The Hall–Kier alpha value is -3.07. The van der Waals surface area contributed by atoms with Crippen molar-refractivity contribution in [2.24, 2.45) is 0 Å². The van der Waals surface area contributed by atoms with E-state index in [1.54, 1.807) is 23.6 Å². The maximum atomic E-state index is 13.0. The number of amides is 3. The number of hydrogen-bond donors (Lipinski definition) is 1. The molecule has 0 unspecified atom stereocenters. The Morgan fingerprint density at radius 1 is 1.27 bits per heavy atom. The molecule has 1 saturated heterocycles. The zero-order valence-electron chi connectivity index (χ0n) is 16.9. The van der Waals surface area contributed by atoms with E-state index >= 15 is 0 Å². The summed E-state index contributed by atoms with van der Waals surface area (Å²) >= 11 is 1.56. The van der Waals surface area contributed by atoms with E-state index in [0.717, 1.165) is 10.6 Å². The van der Waals surface area contributed by atoms with E-state index in [-0.39, 0.29) is 36.6 Å². The van der Waals surface area contributed by atoms with E-state index < -0.39 is 0 Å². The molecule has 0 saturated carbocycles. The summed E-state index contributed by atoms with van der Waals surface area (Å²) in [6, 6.07) is 5.83. The largest absolute Gasteiger partial charge is 0.352 e. The molecule has 4 heterocycles. The van der Waals surface area contributed by atoms with Crippen LogP contribution in [0.1, 0.15) is 49.5 Å². The first-order valence-corrected chi connectivity index (χ1v) is 10.9. The molecule has 4 rings (SSSR count). The second kappa shape index (κ2) is 8.35. The topological polar surface area (TPSA) is 97.2 Å². The molecule has 0 bridgehead atoms. The van der Waals surface area contributed by atoms with Crippen LogP contribution in [-0.2, 0) is 9.59 Å². The predicted octanol–water partition coefficient (Wildman–Crippen LogP) is 3.01. The van der Waals surface area contributed by atoms with Gasteiger partial charge < -0.3 is 5.32 Å². The SMILES string of the molecule is CC(C)n1ncc2c(C(=O)NCCCN3C(=O)CCC3=O)cc(-c3cccs3)nc21. The van der Waals surface area contributed by atoms with Gasteiger partial charge in [0.05, 0.1) is 27.7 Å². The monoisotopic (exact) mass is 425 g/mol. The van der Waals surface area contributed by atoms with Crippen molar-refractivity contribution in [3.8, 4) is 10.6 Å². The maximum absolute atomic E-state index is 13.0. The Bertz CT molecular complexity index is 1090. The molecule has 3 amide bonds. The van der Waals surface area contributed by atoms with Gasteiger partial charge in [-0.25, -0.2) is 9.67 Å². The molecule has 30 heavy (non-hydrogen) atoms. The lowest BCUT2D eigenvalue weighted by Crippen LogP contribution is -2.33. The lowest BCUT2D eigenvalue weighted by molar-refractivity contribution is -0.138. The Kier molecular flexibility index (Phi) is 5.63. The minimum absolute atomic E-state index is 0.111. The summed E-state index contributed by atoms with van der Waals surface area (Å²) in [4.78, 5) is 43.4. The molecule has 3 aromatic rings. The maximum Gasteiger partial charge on any atom is 0.252 e. The number of imide groups is 1. The first-order valence-electron chi connectivity index (χ1n) is 9.99. The lowest BCUT2D eigenvalue weighted by atomic mass is 10.1. The fraction of sp³-hybridized carbons (Fsp3) is 0.381. The number of thiophene rings is 1. The third-order valence-electron chi connectivity index (χ3n) is 5.07. The van der Waals surface area contributed by atoms with Crippen molar-refractivity contribution in [2.75, 3.05) is 13.1 Å². The van der Waals surface area contributed by atoms with E-state index in [2.05, 4.69) is 10.4 Å². The minimum atomic E-state index is -0.220. The van der Waals surface area contributed by atoms with Crippen LogP contribution in [0.15, 0.2) is 29.8 Å². The summed E-state index contributed by atoms with van der Waals surface area (Å²) in [7, 11) is 0. The molecule has 8 nitrogen and oxygen atoms in total. The Morgan fingerprint density at radius 2 is 2.03 bits per heavy atom. The summed E-state index contributed by atoms with van der Waals surface area (Å²) in [5, 5.41) is 10.0. The van der Waals surface area contributed by atoms with Crippen molar-refractivity contribution >= 4 is 40.1 Å². The third-order valence-corrected chi connectivity index (χ3v) is 5.97. The van der Waals surface area contributed by atoms with Gasteiger partial charge in [0.1, 0.15) is 0 Å². The molecular formula is C21H23N5O3S. The highest BCUT2D eigenvalue weighted by atomic mass is 32.1. The van der Waals surface area contributed by atoms with Gasteiger partial charge in [-0.15, -0.1) is 11.3 Å². The van der Waals surface area contributed by atoms with Gasteiger partial charge in [-0.1, -0.05) is 6.07 Å². The Balaban J connectivity index is 1.54. The van der Waals surface area contributed by atoms with Crippen LogP contribution >= 0.6 is 11.3 Å². The van der Waals surface area contributed by atoms with E-state index in [0.29, 0.717) is 36.1 Å². The van der Waals surface area contributed by atoms with Crippen LogP contribution in [0.25, 0.3) is 21.6 Å². The number of aromatic nitrogens is 3. The molecular weight excluding hydrogens is 402 g/mol. The molecule has 0 atom stereocenters. The highest BCUT2D eigenvalue weighted by Crippen LogP contribution is 2.28. The standard InChI is InChI=1S/C21H23N5O3S/c1-13(2)26-20-15(12-23-26)14(11-16(24-20)17-5-3-10-30-17)21(29)22-8-4-9-25-18(27)6-7-19(25)28/h3,5,10-13H,4,6-9H2,1-2H3,(H,22,29). The zero-order valence-corrected chi connectivity index (χ0v) is 17.7. The molecule has 9 heteroatoms. The van der Waals surface area contributed by atoms with E-state index in [9.17, 15) is 14.4 Å². The molecule has 0 radical (unpaired) electrons. The molecule has 1 aliphatic rings. The molecule has 0 aliphatic carbocycles. The number of rotatable bonds is 7. The number of nitrogens with one attached hydrogen (secondary N) is 1. The molecule has 1 aliphatic heterocycles. The highest BCUT2D eigenvalue weighted by Gasteiger charge is 2.28. The molecule has 1 fully saturated rings. The lowest BCUT2D eigenvalue weighted by Gasteiger charge is -2.14. The summed E-state index contributed by atoms with van der Waals surface area (Å²) in [6.07, 6.45) is 2.76. The van der Waals surface area contributed by atoms with Crippen LogP contribution in [0.3, 0.4) is 0 Å². The van der Waals surface area contributed by atoms with Gasteiger partial charge in [0.25, 0.3) is 5.91 Å². The van der Waals surface area contributed by atoms with Crippen molar-refractivity contribution in [1.82, 2.24) is 25.0 Å². The van der Waals surface area contributed by atoms with Crippen LogP contribution < -0.4 is 5.32 Å². The third kappa shape index (κ3) is 3.85. The minimum Gasteiger partial charge on any atom is -0.352 e. The van der Waals surface area contributed by atoms with Crippen molar-refractivity contribution in [3.63, 3.8) is 0 Å². The Labute approximate surface area is 177 Å². The van der Waals surface area contributed by atoms with Gasteiger partial charge in [-0.05, 0) is 37.8 Å². The van der Waals surface area contributed by atoms with Crippen LogP contribution in [0.2, 0.25) is 0 Å². The summed E-state index contributed by atoms with van der Waals surface area (Å²) < 4.78 is 1.81. The fourth-order valence-corrected chi connectivity index (χ4v) is 4.23. The van der Waals surface area contributed by atoms with Crippen molar-refractivity contribution in [1.29, 1.82) is 0 Å². The quantitative estimate of drug-likeness (QED) is 0.464. The van der Waals surface area contributed by atoms with Gasteiger partial charge in [0.2, 0.25) is 11.8 Å². The zero-order chi connectivity index (χ0) is 21.3. The second-order valence-corrected chi connectivity index (χ2v) is 8.45. The van der Waals surface area contributed by atoms with Crippen molar-refractivity contribution in [2.45, 2.75) is 39.2 Å².